The van der Waals surface area contributed by atoms with Crippen molar-refractivity contribution in [1.82, 2.24) is 4.90 Å². The van der Waals surface area contributed by atoms with E-state index in [0.29, 0.717) is 0 Å². The predicted octanol–water partition coefficient (Wildman–Crippen LogP) is 1.61. The molecule has 72 valence electrons. The van der Waals surface area contributed by atoms with Crippen molar-refractivity contribution >= 4 is 0 Å². The van der Waals surface area contributed by atoms with Gasteiger partial charge in [-0.25, -0.2) is 0 Å². The van der Waals surface area contributed by atoms with Crippen molar-refractivity contribution in [3.05, 3.63) is 22.0 Å². The molecule has 0 atom stereocenters. The molecule has 0 bridgehead atoms. The lowest BCUT2D eigenvalue weighted by Gasteiger charge is -2.17. The number of hydrogen-bond acceptors (Lipinski definition) is 3. The van der Waals surface area contributed by atoms with Crippen LogP contribution < -0.4 is 0 Å². The fourth-order valence-electron chi connectivity index (χ4n) is 1.84. The summed E-state index contributed by atoms with van der Waals surface area (Å²) in [6.07, 6.45) is 5.75. The average Bonchev–Trinajstić information content (AvgIpc) is 2.75. The molecule has 0 amide bonds. The van der Waals surface area contributed by atoms with Gasteiger partial charge in [0.15, 0.2) is 0 Å². The van der Waals surface area contributed by atoms with Crippen LogP contribution in [0.1, 0.15) is 25.7 Å². The molecule has 2 rings (SSSR count). The van der Waals surface area contributed by atoms with Crippen molar-refractivity contribution < 1.29 is 4.92 Å². The zero-order chi connectivity index (χ0) is 9.26. The molecular weight excluding hydrogens is 168 g/mol. The Kier molecular flexibility index (Phi) is 2.20. The number of rotatable bonds is 3. The first-order valence-electron chi connectivity index (χ1n) is 4.85. The summed E-state index contributed by atoms with van der Waals surface area (Å²) >= 11 is 0. The first kappa shape index (κ1) is 8.53. The monoisotopic (exact) mass is 182 g/mol. The van der Waals surface area contributed by atoms with Crippen LogP contribution in [0.15, 0.2) is 11.9 Å². The second kappa shape index (κ2) is 3.36. The van der Waals surface area contributed by atoms with Gasteiger partial charge in [0.05, 0.1) is 10.6 Å². The van der Waals surface area contributed by atoms with E-state index in [0.717, 1.165) is 37.5 Å². The third-order valence-electron chi connectivity index (χ3n) is 2.70. The van der Waals surface area contributed by atoms with Crippen molar-refractivity contribution in [2.75, 3.05) is 13.1 Å². The van der Waals surface area contributed by atoms with Crippen LogP contribution in [0.25, 0.3) is 0 Å². The van der Waals surface area contributed by atoms with E-state index < -0.39 is 0 Å². The number of nitro groups is 1. The van der Waals surface area contributed by atoms with Gasteiger partial charge in [0.2, 0.25) is 0 Å². The Morgan fingerprint density at radius 2 is 2.38 bits per heavy atom. The third kappa shape index (κ3) is 2.20. The highest BCUT2D eigenvalue weighted by molar-refractivity contribution is 5.03. The van der Waals surface area contributed by atoms with Gasteiger partial charge in [-0.2, -0.15) is 0 Å². The number of hydrogen-bond donors (Lipinski definition) is 0. The summed E-state index contributed by atoms with van der Waals surface area (Å²) in [6.45, 7) is 2.05. The minimum absolute atomic E-state index is 0.333. The molecule has 2 fully saturated rings. The molecule has 1 saturated carbocycles. The molecule has 13 heavy (non-hydrogen) atoms. The van der Waals surface area contributed by atoms with Crippen molar-refractivity contribution in [2.45, 2.75) is 25.7 Å². The lowest BCUT2D eigenvalue weighted by Crippen LogP contribution is -2.20. The van der Waals surface area contributed by atoms with Crippen molar-refractivity contribution in [3.63, 3.8) is 0 Å². The Balaban J connectivity index is 1.95. The molecule has 0 aromatic rings. The van der Waals surface area contributed by atoms with Crippen LogP contribution in [0.3, 0.4) is 0 Å². The quantitative estimate of drug-likeness (QED) is 0.492. The maximum Gasteiger partial charge on any atom is 0.253 e. The number of likely N-dealkylation sites (tertiary alicyclic amines) is 1. The smallest absolute Gasteiger partial charge is 0.253 e. The molecule has 4 nitrogen and oxygen atoms in total. The molecule has 1 aliphatic carbocycles. The normalized spacial score (nSPS) is 25.5. The summed E-state index contributed by atoms with van der Waals surface area (Å²) in [6, 6.07) is 0. The lowest BCUT2D eigenvalue weighted by atomic mass is 10.3. The number of nitrogens with zero attached hydrogens (tertiary/aromatic N) is 2. The summed E-state index contributed by atoms with van der Waals surface area (Å²) in [7, 11) is 0. The highest BCUT2D eigenvalue weighted by Gasteiger charge is 2.28. The van der Waals surface area contributed by atoms with Gasteiger partial charge in [-0.3, -0.25) is 10.1 Å². The lowest BCUT2D eigenvalue weighted by molar-refractivity contribution is -0.404. The van der Waals surface area contributed by atoms with Crippen LogP contribution >= 0.6 is 0 Å². The highest BCUT2D eigenvalue weighted by atomic mass is 16.6. The topological polar surface area (TPSA) is 46.4 Å². The fraction of sp³-hybridized carbons (Fsp3) is 0.778. The van der Waals surface area contributed by atoms with E-state index in [1.54, 1.807) is 0 Å². The van der Waals surface area contributed by atoms with Crippen molar-refractivity contribution in [2.24, 2.45) is 5.92 Å². The Morgan fingerprint density at radius 1 is 1.62 bits per heavy atom. The molecular formula is C9H14N2O2. The molecule has 2 aliphatic rings. The Hall–Kier alpha value is -1.06. The largest absolute Gasteiger partial charge is 0.370 e. The minimum Gasteiger partial charge on any atom is -0.370 e. The zero-order valence-corrected chi connectivity index (χ0v) is 7.61. The first-order chi connectivity index (χ1) is 6.25. The van der Waals surface area contributed by atoms with Crippen molar-refractivity contribution in [3.8, 4) is 0 Å². The van der Waals surface area contributed by atoms with Crippen LogP contribution in [0.4, 0.5) is 0 Å². The van der Waals surface area contributed by atoms with Gasteiger partial charge >= 0.3 is 0 Å². The first-order valence-corrected chi connectivity index (χ1v) is 4.85. The Morgan fingerprint density at radius 3 is 3.00 bits per heavy atom. The van der Waals surface area contributed by atoms with Gasteiger partial charge < -0.3 is 4.90 Å². The molecule has 1 aliphatic heterocycles. The zero-order valence-electron chi connectivity index (χ0n) is 7.61. The van der Waals surface area contributed by atoms with E-state index >= 15 is 0 Å². The molecule has 1 saturated heterocycles. The van der Waals surface area contributed by atoms with Gasteiger partial charge in [-0.05, 0) is 31.6 Å². The molecule has 0 aromatic carbocycles. The molecule has 0 N–H and O–H groups in total. The maximum absolute atomic E-state index is 10.3. The third-order valence-corrected chi connectivity index (χ3v) is 2.70. The SMILES string of the molecule is O=[N+]([O-])/C=C1\CCCN1CC1CC1. The van der Waals surface area contributed by atoms with Gasteiger partial charge in [0, 0.05) is 13.1 Å². The van der Waals surface area contributed by atoms with Crippen LogP contribution in [-0.4, -0.2) is 22.9 Å². The van der Waals surface area contributed by atoms with Crippen LogP contribution in [-0.2, 0) is 0 Å². The van der Waals surface area contributed by atoms with Gasteiger partial charge in [0.25, 0.3) is 6.20 Å². The Labute approximate surface area is 77.4 Å². The predicted molar refractivity (Wildman–Crippen MR) is 48.6 cm³/mol. The molecule has 0 unspecified atom stereocenters. The average molecular weight is 182 g/mol. The highest BCUT2D eigenvalue weighted by Crippen LogP contribution is 2.33. The van der Waals surface area contributed by atoms with Crippen LogP contribution in [0.5, 0.6) is 0 Å². The second-order valence-corrected chi connectivity index (χ2v) is 3.90. The minimum atomic E-state index is -0.333. The molecule has 0 radical (unpaired) electrons. The van der Waals surface area contributed by atoms with Gasteiger partial charge in [-0.15, -0.1) is 0 Å². The molecule has 0 spiro atoms. The van der Waals surface area contributed by atoms with Gasteiger partial charge in [0.1, 0.15) is 0 Å². The summed E-state index contributed by atoms with van der Waals surface area (Å²) in [4.78, 5) is 12.2. The number of allylic oxidation sites excluding steroid dienone is 1. The molecule has 0 aromatic heterocycles. The van der Waals surface area contributed by atoms with E-state index in [2.05, 4.69) is 4.90 Å². The standard InChI is InChI=1S/C9H14N2O2/c12-11(13)7-9-2-1-5-10(9)6-8-3-4-8/h7-8H,1-6H2/b9-7+. The molecule has 1 heterocycles. The summed E-state index contributed by atoms with van der Waals surface area (Å²) in [5.41, 5.74) is 0.928. The van der Waals surface area contributed by atoms with Gasteiger partial charge in [-0.1, -0.05) is 0 Å². The molecule has 4 heteroatoms. The summed E-state index contributed by atoms with van der Waals surface area (Å²) in [5.74, 6) is 0.813. The van der Waals surface area contributed by atoms with E-state index in [1.165, 1.54) is 19.0 Å². The maximum atomic E-state index is 10.3. The van der Waals surface area contributed by atoms with Crippen LogP contribution in [0.2, 0.25) is 0 Å². The summed E-state index contributed by atoms with van der Waals surface area (Å²) in [5, 5.41) is 10.3. The van der Waals surface area contributed by atoms with E-state index in [1.807, 2.05) is 0 Å². The summed E-state index contributed by atoms with van der Waals surface area (Å²) < 4.78 is 0. The second-order valence-electron chi connectivity index (χ2n) is 3.90. The van der Waals surface area contributed by atoms with Crippen LogP contribution in [0, 0.1) is 16.0 Å². The van der Waals surface area contributed by atoms with E-state index in [9.17, 15) is 10.1 Å². The van der Waals surface area contributed by atoms with Crippen molar-refractivity contribution in [1.29, 1.82) is 0 Å². The Bertz CT molecular complexity index is 246. The fourth-order valence-corrected chi connectivity index (χ4v) is 1.84. The van der Waals surface area contributed by atoms with E-state index in [-0.39, 0.29) is 4.92 Å². The van der Waals surface area contributed by atoms with E-state index in [4.69, 9.17) is 0 Å².